The van der Waals surface area contributed by atoms with E-state index >= 15 is 0 Å². The number of aromatic nitrogens is 4. The zero-order valence-corrected chi connectivity index (χ0v) is 11.9. The number of nitrogens with zero attached hydrogens (tertiary/aromatic N) is 2. The summed E-state index contributed by atoms with van der Waals surface area (Å²) in [7, 11) is 0. The fourth-order valence-electron chi connectivity index (χ4n) is 2.45. The third-order valence-corrected chi connectivity index (χ3v) is 3.60. The minimum atomic E-state index is -0.374. The van der Waals surface area contributed by atoms with Crippen LogP contribution in [0.1, 0.15) is 16.2 Å². The van der Waals surface area contributed by atoms with Crippen LogP contribution < -0.4 is 5.32 Å². The molecular weight excluding hydrogens is 297 g/mol. The number of carbonyl (C=O) groups excluding carboxylic acids is 1. The third-order valence-electron chi connectivity index (χ3n) is 3.60. The van der Waals surface area contributed by atoms with E-state index in [9.17, 15) is 9.18 Å². The molecule has 0 spiro atoms. The Hall–Kier alpha value is -3.22. The van der Waals surface area contributed by atoms with Crippen LogP contribution in [0.15, 0.2) is 42.7 Å². The van der Waals surface area contributed by atoms with Gasteiger partial charge in [-0.1, -0.05) is 6.07 Å². The van der Waals surface area contributed by atoms with E-state index in [0.29, 0.717) is 17.6 Å². The average Bonchev–Trinajstić information content (AvgIpc) is 3.17. The molecule has 4 aromatic rings. The number of fused-ring (bicyclic) bond motifs is 2. The molecule has 1 amide bonds. The number of carbonyl (C=O) groups is 1. The number of H-pyrrole nitrogens is 2. The van der Waals surface area contributed by atoms with Crippen molar-refractivity contribution in [1.29, 1.82) is 0 Å². The Bertz CT molecular complexity index is 1020. The van der Waals surface area contributed by atoms with Crippen molar-refractivity contribution in [2.45, 2.75) is 6.54 Å². The summed E-state index contributed by atoms with van der Waals surface area (Å²) < 4.78 is 13.2. The van der Waals surface area contributed by atoms with Gasteiger partial charge in [-0.2, -0.15) is 0 Å². The van der Waals surface area contributed by atoms with Gasteiger partial charge in [-0.3, -0.25) is 4.79 Å². The SMILES string of the molecule is O=C(NCc1ccc2nc[nH]c2c1)c1nc2ccc(F)cc2[nH]1. The Morgan fingerprint density at radius 1 is 1.13 bits per heavy atom. The first-order chi connectivity index (χ1) is 11.2. The predicted octanol–water partition coefficient (Wildman–Crippen LogP) is 2.51. The molecule has 0 saturated heterocycles. The normalized spacial score (nSPS) is 11.2. The van der Waals surface area contributed by atoms with E-state index in [4.69, 9.17) is 0 Å². The Kier molecular flexibility index (Phi) is 3.04. The standard InChI is InChI=1S/C16H12FN5O/c17-10-2-4-12-14(6-10)22-15(21-12)16(23)18-7-9-1-3-11-13(5-9)20-8-19-11/h1-6,8H,7H2,(H,18,23)(H,19,20)(H,21,22). The zero-order chi connectivity index (χ0) is 15.8. The Morgan fingerprint density at radius 2 is 2.00 bits per heavy atom. The molecule has 2 aromatic heterocycles. The zero-order valence-electron chi connectivity index (χ0n) is 11.9. The number of rotatable bonds is 3. The Labute approximate surface area is 129 Å². The second-order valence-electron chi connectivity index (χ2n) is 5.18. The molecule has 0 saturated carbocycles. The molecule has 0 aliphatic heterocycles. The molecule has 23 heavy (non-hydrogen) atoms. The summed E-state index contributed by atoms with van der Waals surface area (Å²) in [6, 6.07) is 9.87. The van der Waals surface area contributed by atoms with Gasteiger partial charge in [-0.15, -0.1) is 0 Å². The van der Waals surface area contributed by atoms with Crippen LogP contribution in [0.4, 0.5) is 4.39 Å². The van der Waals surface area contributed by atoms with Crippen molar-refractivity contribution in [3.63, 3.8) is 0 Å². The van der Waals surface area contributed by atoms with Crippen LogP contribution in [0.25, 0.3) is 22.1 Å². The van der Waals surface area contributed by atoms with Gasteiger partial charge in [0.1, 0.15) is 5.82 Å². The summed E-state index contributed by atoms with van der Waals surface area (Å²) >= 11 is 0. The smallest absolute Gasteiger partial charge is 0.287 e. The number of hydrogen-bond acceptors (Lipinski definition) is 3. The van der Waals surface area contributed by atoms with Crippen molar-refractivity contribution in [2.24, 2.45) is 0 Å². The van der Waals surface area contributed by atoms with Gasteiger partial charge in [0.05, 0.1) is 28.4 Å². The highest BCUT2D eigenvalue weighted by Gasteiger charge is 2.11. The minimum absolute atomic E-state index is 0.160. The van der Waals surface area contributed by atoms with Gasteiger partial charge >= 0.3 is 0 Å². The molecular formula is C16H12FN5O. The lowest BCUT2D eigenvalue weighted by molar-refractivity contribution is 0.0942. The lowest BCUT2D eigenvalue weighted by atomic mass is 10.2. The van der Waals surface area contributed by atoms with Gasteiger partial charge in [0.2, 0.25) is 0 Å². The second-order valence-corrected chi connectivity index (χ2v) is 5.18. The molecule has 0 unspecified atom stereocenters. The van der Waals surface area contributed by atoms with Crippen molar-refractivity contribution in [2.75, 3.05) is 0 Å². The van der Waals surface area contributed by atoms with Gasteiger partial charge in [0.15, 0.2) is 5.82 Å². The molecule has 0 fully saturated rings. The van der Waals surface area contributed by atoms with E-state index < -0.39 is 0 Å². The summed E-state index contributed by atoms with van der Waals surface area (Å²) in [4.78, 5) is 26.3. The van der Waals surface area contributed by atoms with Gasteiger partial charge in [0.25, 0.3) is 5.91 Å². The van der Waals surface area contributed by atoms with E-state index in [1.54, 1.807) is 6.33 Å². The van der Waals surface area contributed by atoms with Crippen molar-refractivity contribution in [1.82, 2.24) is 25.3 Å². The van der Waals surface area contributed by atoms with Crippen LogP contribution in [0.5, 0.6) is 0 Å². The number of nitrogens with one attached hydrogen (secondary N) is 3. The maximum absolute atomic E-state index is 13.2. The summed E-state index contributed by atoms with van der Waals surface area (Å²) in [6.45, 7) is 0.360. The molecule has 0 atom stereocenters. The molecule has 0 radical (unpaired) electrons. The molecule has 0 aliphatic carbocycles. The van der Waals surface area contributed by atoms with Crippen LogP contribution in [-0.2, 0) is 6.54 Å². The fourth-order valence-corrected chi connectivity index (χ4v) is 2.45. The van der Waals surface area contributed by atoms with Gasteiger partial charge in [0, 0.05) is 6.54 Å². The maximum Gasteiger partial charge on any atom is 0.287 e. The minimum Gasteiger partial charge on any atom is -0.345 e. The third kappa shape index (κ3) is 2.52. The van der Waals surface area contributed by atoms with Crippen molar-refractivity contribution in [3.05, 3.63) is 59.9 Å². The highest BCUT2D eigenvalue weighted by molar-refractivity contribution is 5.94. The lowest BCUT2D eigenvalue weighted by Gasteiger charge is -2.03. The molecule has 7 heteroatoms. The summed E-state index contributed by atoms with van der Waals surface area (Å²) in [5.41, 5.74) is 3.78. The maximum atomic E-state index is 13.2. The van der Waals surface area contributed by atoms with Crippen molar-refractivity contribution in [3.8, 4) is 0 Å². The van der Waals surface area contributed by atoms with Crippen LogP contribution in [0.2, 0.25) is 0 Å². The highest BCUT2D eigenvalue weighted by atomic mass is 19.1. The van der Waals surface area contributed by atoms with Crippen LogP contribution in [0, 0.1) is 5.82 Å². The van der Waals surface area contributed by atoms with Crippen LogP contribution >= 0.6 is 0 Å². The van der Waals surface area contributed by atoms with Gasteiger partial charge in [-0.25, -0.2) is 14.4 Å². The monoisotopic (exact) mass is 309 g/mol. The molecule has 2 heterocycles. The van der Waals surface area contributed by atoms with Crippen LogP contribution in [-0.4, -0.2) is 25.8 Å². The summed E-state index contributed by atoms with van der Waals surface area (Å²) in [6.07, 6.45) is 1.63. The largest absolute Gasteiger partial charge is 0.345 e. The first-order valence-corrected chi connectivity index (χ1v) is 7.04. The average molecular weight is 309 g/mol. The quantitative estimate of drug-likeness (QED) is 0.543. The van der Waals surface area contributed by atoms with E-state index in [1.807, 2.05) is 18.2 Å². The van der Waals surface area contributed by atoms with E-state index in [0.717, 1.165) is 16.6 Å². The number of halogens is 1. The molecule has 4 rings (SSSR count). The summed E-state index contributed by atoms with van der Waals surface area (Å²) in [5, 5.41) is 2.79. The van der Waals surface area contributed by atoms with Crippen molar-refractivity contribution >= 4 is 28.0 Å². The van der Waals surface area contributed by atoms with E-state index in [-0.39, 0.29) is 17.5 Å². The Balaban J connectivity index is 1.51. The summed E-state index contributed by atoms with van der Waals surface area (Å²) in [5.74, 6) is -0.555. The number of hydrogen-bond donors (Lipinski definition) is 3. The number of benzene rings is 2. The first kappa shape index (κ1) is 13.4. The first-order valence-electron chi connectivity index (χ1n) is 7.04. The van der Waals surface area contributed by atoms with E-state index in [1.165, 1.54) is 18.2 Å². The Morgan fingerprint density at radius 3 is 2.91 bits per heavy atom. The second kappa shape index (κ2) is 5.20. The lowest BCUT2D eigenvalue weighted by Crippen LogP contribution is -2.23. The highest BCUT2D eigenvalue weighted by Crippen LogP contribution is 2.14. The number of imidazole rings is 2. The fraction of sp³-hybridized carbons (Fsp3) is 0.0625. The van der Waals surface area contributed by atoms with Crippen molar-refractivity contribution < 1.29 is 9.18 Å². The topological polar surface area (TPSA) is 86.5 Å². The van der Waals surface area contributed by atoms with E-state index in [2.05, 4.69) is 25.3 Å². The molecule has 3 N–H and O–H groups in total. The molecule has 0 aliphatic rings. The van der Waals surface area contributed by atoms with Gasteiger partial charge in [-0.05, 0) is 35.9 Å². The molecule has 6 nitrogen and oxygen atoms in total. The van der Waals surface area contributed by atoms with Crippen LogP contribution in [0.3, 0.4) is 0 Å². The molecule has 114 valence electrons. The molecule has 2 aromatic carbocycles. The predicted molar refractivity (Wildman–Crippen MR) is 83.3 cm³/mol. The number of amides is 1. The van der Waals surface area contributed by atoms with Gasteiger partial charge < -0.3 is 15.3 Å². The number of aromatic amines is 2. The molecule has 0 bridgehead atoms.